The number of halogens is 1. The van der Waals surface area contributed by atoms with E-state index in [4.69, 9.17) is 9.47 Å². The van der Waals surface area contributed by atoms with Crippen LogP contribution in [0.1, 0.15) is 28.4 Å². The van der Waals surface area contributed by atoms with Crippen molar-refractivity contribution in [1.82, 2.24) is 5.43 Å². The standard InChI is InChI=1S/C18H19BrN2O3/c1-4-24-16-10-13(9-15(19)17(16)23-3)11-20-21-18(22)14-8-6-5-7-12(14)2/h5-11H,4H2,1-3H3,(H,21,22)/b20-11-. The average Bonchev–Trinajstić information content (AvgIpc) is 2.55. The Bertz CT molecular complexity index is 760. The molecule has 24 heavy (non-hydrogen) atoms. The Balaban J connectivity index is 2.14. The van der Waals surface area contributed by atoms with Crippen LogP contribution in [0, 0.1) is 6.92 Å². The number of rotatable bonds is 6. The third-order valence-corrected chi connectivity index (χ3v) is 3.89. The van der Waals surface area contributed by atoms with Gasteiger partial charge < -0.3 is 9.47 Å². The molecule has 0 aliphatic rings. The molecular formula is C18H19BrN2O3. The number of hydrogen-bond acceptors (Lipinski definition) is 4. The number of carbonyl (C=O) groups is 1. The number of hydrogen-bond donors (Lipinski definition) is 1. The highest BCUT2D eigenvalue weighted by Crippen LogP contribution is 2.36. The molecule has 0 bridgehead atoms. The topological polar surface area (TPSA) is 59.9 Å². The van der Waals surface area contributed by atoms with E-state index in [0.717, 1.165) is 15.6 Å². The number of hydrazone groups is 1. The van der Waals surface area contributed by atoms with E-state index in [0.29, 0.717) is 23.7 Å². The van der Waals surface area contributed by atoms with Crippen molar-refractivity contribution >= 4 is 28.1 Å². The minimum absolute atomic E-state index is 0.248. The Kier molecular flexibility index (Phi) is 6.37. The van der Waals surface area contributed by atoms with E-state index in [9.17, 15) is 4.79 Å². The fraction of sp³-hybridized carbons (Fsp3) is 0.222. The van der Waals surface area contributed by atoms with Crippen molar-refractivity contribution in [2.45, 2.75) is 13.8 Å². The second-order valence-corrected chi connectivity index (χ2v) is 5.84. The summed E-state index contributed by atoms with van der Waals surface area (Å²) in [7, 11) is 1.58. The molecule has 2 aromatic carbocycles. The lowest BCUT2D eigenvalue weighted by molar-refractivity contribution is 0.0954. The molecule has 1 amide bonds. The van der Waals surface area contributed by atoms with E-state index in [1.807, 2.05) is 38.1 Å². The third-order valence-electron chi connectivity index (χ3n) is 3.31. The van der Waals surface area contributed by atoms with Gasteiger partial charge in [-0.25, -0.2) is 5.43 Å². The second kappa shape index (κ2) is 8.49. The summed E-state index contributed by atoms with van der Waals surface area (Å²) in [6.07, 6.45) is 1.56. The van der Waals surface area contributed by atoms with Gasteiger partial charge in [-0.1, -0.05) is 18.2 Å². The third kappa shape index (κ3) is 4.35. The van der Waals surface area contributed by atoms with Crippen LogP contribution in [-0.2, 0) is 0 Å². The first-order chi connectivity index (χ1) is 11.6. The van der Waals surface area contributed by atoms with Gasteiger partial charge in [-0.05, 0) is 59.1 Å². The first kappa shape index (κ1) is 18.0. The maximum absolute atomic E-state index is 12.1. The van der Waals surface area contributed by atoms with Gasteiger partial charge in [0, 0.05) is 5.56 Å². The number of benzene rings is 2. The summed E-state index contributed by atoms with van der Waals surface area (Å²) >= 11 is 3.44. The second-order valence-electron chi connectivity index (χ2n) is 4.98. The predicted molar refractivity (Wildman–Crippen MR) is 98.1 cm³/mol. The summed E-state index contributed by atoms with van der Waals surface area (Å²) in [5.41, 5.74) is 4.80. The Morgan fingerprint density at radius 3 is 2.75 bits per heavy atom. The molecular weight excluding hydrogens is 372 g/mol. The molecule has 0 heterocycles. The quantitative estimate of drug-likeness (QED) is 0.600. The summed E-state index contributed by atoms with van der Waals surface area (Å²) in [5, 5.41) is 4.02. The van der Waals surface area contributed by atoms with Gasteiger partial charge in [0.25, 0.3) is 5.91 Å². The van der Waals surface area contributed by atoms with Crippen molar-refractivity contribution in [3.63, 3.8) is 0 Å². The molecule has 0 aromatic heterocycles. The number of carbonyl (C=O) groups excluding carboxylic acids is 1. The molecule has 2 aromatic rings. The highest BCUT2D eigenvalue weighted by molar-refractivity contribution is 9.10. The highest BCUT2D eigenvalue weighted by atomic mass is 79.9. The summed E-state index contributed by atoms with van der Waals surface area (Å²) in [5.74, 6) is 0.987. The lowest BCUT2D eigenvalue weighted by Gasteiger charge is -2.11. The largest absolute Gasteiger partial charge is 0.492 e. The van der Waals surface area contributed by atoms with Crippen LogP contribution < -0.4 is 14.9 Å². The lowest BCUT2D eigenvalue weighted by atomic mass is 10.1. The summed E-state index contributed by atoms with van der Waals surface area (Å²) < 4.78 is 11.6. The zero-order valence-corrected chi connectivity index (χ0v) is 15.4. The van der Waals surface area contributed by atoms with Gasteiger partial charge in [0.15, 0.2) is 11.5 Å². The zero-order chi connectivity index (χ0) is 17.5. The van der Waals surface area contributed by atoms with Crippen molar-refractivity contribution in [2.24, 2.45) is 5.10 Å². The number of ether oxygens (including phenoxy) is 2. The van der Waals surface area contributed by atoms with Crippen LogP contribution >= 0.6 is 15.9 Å². The molecule has 0 aliphatic heterocycles. The summed E-state index contributed by atoms with van der Waals surface area (Å²) in [6, 6.07) is 11.0. The molecule has 2 rings (SSSR count). The summed E-state index contributed by atoms with van der Waals surface area (Å²) in [4.78, 5) is 12.1. The molecule has 0 atom stereocenters. The molecule has 0 fully saturated rings. The first-order valence-electron chi connectivity index (χ1n) is 7.46. The molecule has 0 radical (unpaired) electrons. The normalized spacial score (nSPS) is 10.7. The number of amides is 1. The maximum atomic E-state index is 12.1. The number of nitrogens with one attached hydrogen (secondary N) is 1. The number of aryl methyl sites for hydroxylation is 1. The fourth-order valence-corrected chi connectivity index (χ4v) is 2.80. The van der Waals surface area contributed by atoms with Gasteiger partial charge in [0.1, 0.15) is 0 Å². The molecule has 1 N–H and O–H groups in total. The molecule has 0 unspecified atom stereocenters. The van der Waals surface area contributed by atoms with Gasteiger partial charge in [-0.15, -0.1) is 0 Å². The Hall–Kier alpha value is -2.34. The van der Waals surface area contributed by atoms with Crippen LogP contribution in [0.4, 0.5) is 0 Å². The van der Waals surface area contributed by atoms with Gasteiger partial charge in [0.05, 0.1) is 24.4 Å². The van der Waals surface area contributed by atoms with Crippen LogP contribution in [-0.4, -0.2) is 25.8 Å². The molecule has 126 valence electrons. The molecule has 0 saturated heterocycles. The van der Waals surface area contributed by atoms with E-state index in [-0.39, 0.29) is 5.91 Å². The minimum Gasteiger partial charge on any atom is -0.492 e. The maximum Gasteiger partial charge on any atom is 0.271 e. The minimum atomic E-state index is -0.248. The van der Waals surface area contributed by atoms with Gasteiger partial charge in [-0.3, -0.25) is 4.79 Å². The predicted octanol–water partition coefficient (Wildman–Crippen LogP) is 3.93. The summed E-state index contributed by atoms with van der Waals surface area (Å²) in [6.45, 7) is 4.30. The van der Waals surface area contributed by atoms with E-state index in [2.05, 4.69) is 26.5 Å². The van der Waals surface area contributed by atoms with Crippen molar-refractivity contribution in [2.75, 3.05) is 13.7 Å². The van der Waals surface area contributed by atoms with Gasteiger partial charge in [0.2, 0.25) is 0 Å². The monoisotopic (exact) mass is 390 g/mol. The van der Waals surface area contributed by atoms with Crippen LogP contribution in [0.15, 0.2) is 46.0 Å². The molecule has 6 heteroatoms. The molecule has 0 aliphatic carbocycles. The van der Waals surface area contributed by atoms with Crippen molar-refractivity contribution in [1.29, 1.82) is 0 Å². The van der Waals surface area contributed by atoms with Gasteiger partial charge in [-0.2, -0.15) is 5.10 Å². The Labute approximate surface area is 149 Å². The van der Waals surface area contributed by atoms with E-state index < -0.39 is 0 Å². The number of methoxy groups -OCH3 is 1. The van der Waals surface area contributed by atoms with Crippen molar-refractivity contribution < 1.29 is 14.3 Å². The van der Waals surface area contributed by atoms with Gasteiger partial charge >= 0.3 is 0 Å². The van der Waals surface area contributed by atoms with E-state index >= 15 is 0 Å². The average molecular weight is 391 g/mol. The Morgan fingerprint density at radius 2 is 2.08 bits per heavy atom. The highest BCUT2D eigenvalue weighted by Gasteiger charge is 2.11. The van der Waals surface area contributed by atoms with Crippen LogP contribution in [0.2, 0.25) is 0 Å². The SMILES string of the molecule is CCOc1cc(/C=N\NC(=O)c2ccccc2C)cc(Br)c1OC. The Morgan fingerprint density at radius 1 is 1.33 bits per heavy atom. The van der Waals surface area contributed by atoms with E-state index in [1.54, 1.807) is 25.5 Å². The molecule has 5 nitrogen and oxygen atoms in total. The first-order valence-corrected chi connectivity index (χ1v) is 8.25. The smallest absolute Gasteiger partial charge is 0.271 e. The lowest BCUT2D eigenvalue weighted by Crippen LogP contribution is -2.18. The van der Waals surface area contributed by atoms with E-state index in [1.165, 1.54) is 0 Å². The fourth-order valence-electron chi connectivity index (χ4n) is 2.18. The van der Waals surface area contributed by atoms with Crippen LogP contribution in [0.3, 0.4) is 0 Å². The van der Waals surface area contributed by atoms with Crippen molar-refractivity contribution in [3.8, 4) is 11.5 Å². The van der Waals surface area contributed by atoms with Crippen LogP contribution in [0.5, 0.6) is 11.5 Å². The van der Waals surface area contributed by atoms with Crippen molar-refractivity contribution in [3.05, 3.63) is 57.6 Å². The van der Waals surface area contributed by atoms with Crippen LogP contribution in [0.25, 0.3) is 0 Å². The molecule has 0 saturated carbocycles. The number of nitrogens with zero attached hydrogens (tertiary/aromatic N) is 1. The molecule has 0 spiro atoms. The zero-order valence-electron chi connectivity index (χ0n) is 13.8.